The van der Waals surface area contributed by atoms with Crippen molar-refractivity contribution in [3.05, 3.63) is 0 Å². The molecule has 0 amide bonds. The molecule has 0 aromatic heterocycles. The van der Waals surface area contributed by atoms with E-state index >= 15 is 0 Å². The maximum Gasteiger partial charge on any atom is 0.0107 e. The van der Waals surface area contributed by atoms with Crippen molar-refractivity contribution in [1.82, 2.24) is 10.2 Å². The predicted octanol–water partition coefficient (Wildman–Crippen LogP) is 3.67. The molecule has 1 aliphatic heterocycles. The summed E-state index contributed by atoms with van der Waals surface area (Å²) in [5.41, 5.74) is 0.628. The smallest absolute Gasteiger partial charge is 0.0107 e. The molecule has 2 aliphatic rings. The highest BCUT2D eigenvalue weighted by molar-refractivity contribution is 4.82. The summed E-state index contributed by atoms with van der Waals surface area (Å²) in [6.45, 7) is 12.3. The van der Waals surface area contributed by atoms with Crippen LogP contribution in [-0.4, -0.2) is 37.1 Å². The molecule has 0 aromatic carbocycles. The molecule has 0 bridgehead atoms. The lowest BCUT2D eigenvalue weighted by atomic mass is 9.78. The minimum atomic E-state index is 0.628. The molecule has 112 valence electrons. The van der Waals surface area contributed by atoms with Gasteiger partial charge in [-0.1, -0.05) is 40.0 Å². The maximum atomic E-state index is 3.79. The maximum absolute atomic E-state index is 3.79. The first-order chi connectivity index (χ1) is 9.11. The fourth-order valence-corrected chi connectivity index (χ4v) is 3.72. The van der Waals surface area contributed by atoms with Crippen molar-refractivity contribution in [2.24, 2.45) is 11.3 Å². The van der Waals surface area contributed by atoms with Crippen LogP contribution in [0.4, 0.5) is 0 Å². The van der Waals surface area contributed by atoms with Gasteiger partial charge in [-0.3, -0.25) is 0 Å². The topological polar surface area (TPSA) is 15.3 Å². The number of piperidine rings is 1. The zero-order valence-corrected chi connectivity index (χ0v) is 13.4. The van der Waals surface area contributed by atoms with Crippen molar-refractivity contribution in [2.75, 3.05) is 26.2 Å². The van der Waals surface area contributed by atoms with Crippen molar-refractivity contribution in [3.63, 3.8) is 0 Å². The monoisotopic (exact) mass is 266 g/mol. The van der Waals surface area contributed by atoms with Crippen LogP contribution in [0.3, 0.4) is 0 Å². The third kappa shape index (κ3) is 4.75. The molecule has 1 saturated heterocycles. The molecule has 1 N–H and O–H groups in total. The van der Waals surface area contributed by atoms with E-state index < -0.39 is 0 Å². The number of likely N-dealkylation sites (tertiary alicyclic amines) is 1. The molecular weight excluding hydrogens is 232 g/mol. The van der Waals surface area contributed by atoms with Gasteiger partial charge in [0.1, 0.15) is 0 Å². The van der Waals surface area contributed by atoms with Gasteiger partial charge < -0.3 is 10.2 Å². The lowest BCUT2D eigenvalue weighted by Gasteiger charge is -2.39. The lowest BCUT2D eigenvalue weighted by molar-refractivity contribution is 0.114. The zero-order chi connectivity index (χ0) is 13.7. The molecule has 0 aromatic rings. The van der Waals surface area contributed by atoms with Gasteiger partial charge in [-0.2, -0.15) is 0 Å². The molecule has 1 heterocycles. The molecule has 2 atom stereocenters. The zero-order valence-electron chi connectivity index (χ0n) is 13.4. The van der Waals surface area contributed by atoms with E-state index in [2.05, 4.69) is 31.0 Å². The number of hydrogen-bond donors (Lipinski definition) is 1. The number of nitrogens with zero attached hydrogens (tertiary/aromatic N) is 1. The van der Waals surface area contributed by atoms with Crippen LogP contribution >= 0.6 is 0 Å². The molecule has 2 unspecified atom stereocenters. The van der Waals surface area contributed by atoms with Crippen molar-refractivity contribution >= 4 is 0 Å². The van der Waals surface area contributed by atoms with Crippen molar-refractivity contribution in [3.8, 4) is 0 Å². The summed E-state index contributed by atoms with van der Waals surface area (Å²) in [5.74, 6) is 0.937. The molecule has 2 rings (SSSR count). The Morgan fingerprint density at radius 3 is 2.58 bits per heavy atom. The standard InChI is InChI=1S/C17H34N2/c1-4-17(3)8-11-19(12-9-17)13-10-18-16-7-5-6-15(2)14-16/h15-16,18H,4-14H2,1-3H3. The van der Waals surface area contributed by atoms with Crippen LogP contribution < -0.4 is 5.32 Å². The molecule has 2 heteroatoms. The van der Waals surface area contributed by atoms with E-state index in [9.17, 15) is 0 Å². The van der Waals surface area contributed by atoms with Gasteiger partial charge in [0.2, 0.25) is 0 Å². The van der Waals surface area contributed by atoms with E-state index in [0.29, 0.717) is 5.41 Å². The van der Waals surface area contributed by atoms with Gasteiger partial charge in [-0.25, -0.2) is 0 Å². The van der Waals surface area contributed by atoms with Crippen LogP contribution in [0.5, 0.6) is 0 Å². The second kappa shape index (κ2) is 7.08. The highest BCUT2D eigenvalue weighted by Gasteiger charge is 2.28. The summed E-state index contributed by atoms with van der Waals surface area (Å²) in [5, 5.41) is 3.79. The van der Waals surface area contributed by atoms with Crippen LogP contribution in [0, 0.1) is 11.3 Å². The Hall–Kier alpha value is -0.0800. The molecule has 1 saturated carbocycles. The van der Waals surface area contributed by atoms with Crippen LogP contribution in [0.1, 0.15) is 65.7 Å². The Morgan fingerprint density at radius 1 is 1.21 bits per heavy atom. The number of nitrogens with one attached hydrogen (secondary N) is 1. The van der Waals surface area contributed by atoms with E-state index in [1.165, 1.54) is 71.1 Å². The molecule has 19 heavy (non-hydrogen) atoms. The van der Waals surface area contributed by atoms with Gasteiger partial charge >= 0.3 is 0 Å². The van der Waals surface area contributed by atoms with Gasteiger partial charge in [-0.05, 0) is 50.1 Å². The molecule has 1 aliphatic carbocycles. The van der Waals surface area contributed by atoms with Gasteiger partial charge in [0.15, 0.2) is 0 Å². The van der Waals surface area contributed by atoms with E-state index in [4.69, 9.17) is 0 Å². The SMILES string of the molecule is CCC1(C)CCN(CCNC2CCCC(C)C2)CC1. The van der Waals surface area contributed by atoms with Gasteiger partial charge in [0, 0.05) is 19.1 Å². The molecule has 2 nitrogen and oxygen atoms in total. The second-order valence-corrected chi connectivity index (χ2v) is 7.43. The fourth-order valence-electron chi connectivity index (χ4n) is 3.72. The molecule has 0 spiro atoms. The third-order valence-electron chi connectivity index (χ3n) is 5.71. The third-order valence-corrected chi connectivity index (χ3v) is 5.71. The van der Waals surface area contributed by atoms with Crippen LogP contribution in [0.25, 0.3) is 0 Å². The Bertz CT molecular complexity index is 256. The van der Waals surface area contributed by atoms with Gasteiger partial charge in [-0.15, -0.1) is 0 Å². The molecule has 2 fully saturated rings. The Balaban J connectivity index is 1.59. The summed E-state index contributed by atoms with van der Waals surface area (Å²) < 4.78 is 0. The summed E-state index contributed by atoms with van der Waals surface area (Å²) >= 11 is 0. The first-order valence-electron chi connectivity index (χ1n) is 8.57. The highest BCUT2D eigenvalue weighted by atomic mass is 15.1. The first-order valence-corrected chi connectivity index (χ1v) is 8.57. The Kier molecular flexibility index (Phi) is 5.70. The summed E-state index contributed by atoms with van der Waals surface area (Å²) in [6, 6.07) is 0.800. The highest BCUT2D eigenvalue weighted by Crippen LogP contribution is 2.33. The van der Waals surface area contributed by atoms with E-state index in [0.717, 1.165) is 12.0 Å². The van der Waals surface area contributed by atoms with E-state index in [1.807, 2.05) is 0 Å². The second-order valence-electron chi connectivity index (χ2n) is 7.43. The summed E-state index contributed by atoms with van der Waals surface area (Å²) in [4.78, 5) is 2.66. The van der Waals surface area contributed by atoms with Crippen molar-refractivity contribution in [2.45, 2.75) is 71.8 Å². The van der Waals surface area contributed by atoms with Crippen molar-refractivity contribution in [1.29, 1.82) is 0 Å². The minimum Gasteiger partial charge on any atom is -0.313 e. The molecular formula is C17H34N2. The van der Waals surface area contributed by atoms with E-state index in [1.54, 1.807) is 0 Å². The Morgan fingerprint density at radius 2 is 1.95 bits per heavy atom. The molecule has 0 radical (unpaired) electrons. The summed E-state index contributed by atoms with van der Waals surface area (Å²) in [6.07, 6.45) is 9.80. The lowest BCUT2D eigenvalue weighted by Crippen LogP contribution is -2.43. The largest absolute Gasteiger partial charge is 0.313 e. The summed E-state index contributed by atoms with van der Waals surface area (Å²) in [7, 11) is 0. The number of rotatable bonds is 5. The average Bonchev–Trinajstić information content (AvgIpc) is 2.41. The van der Waals surface area contributed by atoms with Crippen LogP contribution in [0.2, 0.25) is 0 Å². The predicted molar refractivity (Wildman–Crippen MR) is 83.5 cm³/mol. The van der Waals surface area contributed by atoms with Gasteiger partial charge in [0.05, 0.1) is 0 Å². The quantitative estimate of drug-likeness (QED) is 0.817. The van der Waals surface area contributed by atoms with Crippen LogP contribution in [0.15, 0.2) is 0 Å². The minimum absolute atomic E-state index is 0.628. The fraction of sp³-hybridized carbons (Fsp3) is 1.00. The number of hydrogen-bond acceptors (Lipinski definition) is 2. The van der Waals surface area contributed by atoms with Crippen molar-refractivity contribution < 1.29 is 0 Å². The van der Waals surface area contributed by atoms with Gasteiger partial charge in [0.25, 0.3) is 0 Å². The normalized spacial score (nSPS) is 32.4. The average molecular weight is 266 g/mol. The Labute approximate surface area is 120 Å². The first kappa shape index (κ1) is 15.3. The van der Waals surface area contributed by atoms with Crippen LogP contribution in [-0.2, 0) is 0 Å². The van der Waals surface area contributed by atoms with E-state index in [-0.39, 0.29) is 0 Å².